The number of phenolic OH excluding ortho intramolecular Hbond substituents is 1. The Morgan fingerprint density at radius 1 is 1.24 bits per heavy atom. The fourth-order valence-electron chi connectivity index (χ4n) is 2.40. The smallest absolute Gasteiger partial charge is 0.250 e. The highest BCUT2D eigenvalue weighted by Gasteiger charge is 2.10. The van der Waals surface area contributed by atoms with Gasteiger partial charge in [0.15, 0.2) is 5.16 Å². The number of aromatic hydroxyl groups is 1. The number of benzene rings is 2. The Morgan fingerprint density at radius 3 is 2.72 bits per heavy atom. The standard InChI is InChI=1S/C18H18N4O2S/c1-12(13-7-3-6-10-16(13)23)20-21-17(24)11-25-18-19-14-8-4-5-9-15(14)22(18)2/h3-10,23H,11H2,1-2H3,(H,21,24). The molecule has 0 aliphatic carbocycles. The van der Waals surface area contributed by atoms with Gasteiger partial charge in [0.1, 0.15) is 5.75 Å². The number of hydrogen-bond acceptors (Lipinski definition) is 5. The number of hydrogen-bond donors (Lipinski definition) is 2. The van der Waals surface area contributed by atoms with Gasteiger partial charge in [-0.15, -0.1) is 0 Å². The van der Waals surface area contributed by atoms with E-state index in [4.69, 9.17) is 0 Å². The van der Waals surface area contributed by atoms with Crippen molar-refractivity contribution in [2.24, 2.45) is 12.1 Å². The van der Waals surface area contributed by atoms with Gasteiger partial charge in [0.05, 0.1) is 22.5 Å². The van der Waals surface area contributed by atoms with E-state index >= 15 is 0 Å². The van der Waals surface area contributed by atoms with Gasteiger partial charge >= 0.3 is 0 Å². The predicted molar refractivity (Wildman–Crippen MR) is 99.9 cm³/mol. The van der Waals surface area contributed by atoms with Crippen LogP contribution in [0.15, 0.2) is 58.8 Å². The van der Waals surface area contributed by atoms with Gasteiger partial charge in [-0.2, -0.15) is 5.10 Å². The van der Waals surface area contributed by atoms with E-state index in [9.17, 15) is 9.90 Å². The second-order valence-corrected chi connectivity index (χ2v) is 6.42. The number of para-hydroxylation sites is 3. The maximum atomic E-state index is 12.0. The first-order valence-corrected chi connectivity index (χ1v) is 8.70. The topological polar surface area (TPSA) is 79.5 Å². The van der Waals surface area contributed by atoms with Crippen molar-refractivity contribution in [2.75, 3.05) is 5.75 Å². The molecule has 0 aliphatic rings. The largest absolute Gasteiger partial charge is 0.507 e. The van der Waals surface area contributed by atoms with Crippen LogP contribution in [-0.4, -0.2) is 32.0 Å². The quantitative estimate of drug-likeness (QED) is 0.419. The molecule has 0 radical (unpaired) electrons. The maximum Gasteiger partial charge on any atom is 0.250 e. The number of hydrazone groups is 1. The Kier molecular flexibility index (Phi) is 5.04. The first-order chi connectivity index (χ1) is 12.1. The molecule has 0 aliphatic heterocycles. The molecule has 128 valence electrons. The Balaban J connectivity index is 1.62. The van der Waals surface area contributed by atoms with Crippen molar-refractivity contribution in [2.45, 2.75) is 12.1 Å². The number of amides is 1. The molecule has 0 bridgehead atoms. The lowest BCUT2D eigenvalue weighted by atomic mass is 10.1. The molecule has 0 atom stereocenters. The number of carbonyl (C=O) groups excluding carboxylic acids is 1. The van der Waals surface area contributed by atoms with Crippen LogP contribution in [0.3, 0.4) is 0 Å². The average Bonchev–Trinajstić information content (AvgIpc) is 2.94. The van der Waals surface area contributed by atoms with Crippen molar-refractivity contribution in [3.63, 3.8) is 0 Å². The molecular formula is C18H18N4O2S. The molecule has 0 spiro atoms. The first-order valence-electron chi connectivity index (χ1n) is 7.72. The highest BCUT2D eigenvalue weighted by atomic mass is 32.2. The Hall–Kier alpha value is -2.80. The molecule has 3 aromatic rings. The summed E-state index contributed by atoms with van der Waals surface area (Å²) in [4.78, 5) is 16.5. The van der Waals surface area contributed by atoms with Gasteiger partial charge in [-0.3, -0.25) is 4.79 Å². The number of phenols is 1. The summed E-state index contributed by atoms with van der Waals surface area (Å²) in [6, 6.07) is 14.7. The molecule has 1 amide bonds. The Morgan fingerprint density at radius 2 is 1.96 bits per heavy atom. The molecule has 6 nitrogen and oxygen atoms in total. The lowest BCUT2D eigenvalue weighted by Gasteiger charge is -2.05. The first kappa shape index (κ1) is 17.0. The fraction of sp³-hybridized carbons (Fsp3) is 0.167. The monoisotopic (exact) mass is 354 g/mol. The summed E-state index contributed by atoms with van der Waals surface area (Å²) in [6.45, 7) is 1.73. The molecule has 0 unspecified atom stereocenters. The number of aromatic nitrogens is 2. The van der Waals surface area contributed by atoms with Crippen LogP contribution in [0, 0.1) is 0 Å². The number of fused-ring (bicyclic) bond motifs is 1. The van der Waals surface area contributed by atoms with E-state index in [0.717, 1.165) is 16.2 Å². The number of imidazole rings is 1. The van der Waals surface area contributed by atoms with Gasteiger partial charge < -0.3 is 9.67 Å². The van der Waals surface area contributed by atoms with Crippen LogP contribution in [0.2, 0.25) is 0 Å². The lowest BCUT2D eigenvalue weighted by Crippen LogP contribution is -2.21. The van der Waals surface area contributed by atoms with Crippen molar-refractivity contribution >= 4 is 34.4 Å². The summed E-state index contributed by atoms with van der Waals surface area (Å²) < 4.78 is 1.96. The second-order valence-electron chi connectivity index (χ2n) is 5.48. The molecule has 1 heterocycles. The van der Waals surface area contributed by atoms with E-state index in [2.05, 4.69) is 15.5 Å². The molecule has 0 saturated heterocycles. The molecule has 2 N–H and O–H groups in total. The van der Waals surface area contributed by atoms with Crippen molar-refractivity contribution in [3.05, 3.63) is 54.1 Å². The van der Waals surface area contributed by atoms with Gasteiger partial charge in [-0.1, -0.05) is 36.0 Å². The zero-order chi connectivity index (χ0) is 17.8. The minimum atomic E-state index is -0.230. The second kappa shape index (κ2) is 7.40. The Bertz CT molecular complexity index is 949. The SMILES string of the molecule is CC(=NNC(=O)CSc1nc2ccccc2n1C)c1ccccc1O. The lowest BCUT2D eigenvalue weighted by molar-refractivity contribution is -0.118. The van der Waals surface area contributed by atoms with Gasteiger partial charge in [0, 0.05) is 12.6 Å². The molecule has 3 rings (SSSR count). The number of rotatable bonds is 5. The average molecular weight is 354 g/mol. The summed E-state index contributed by atoms with van der Waals surface area (Å²) >= 11 is 1.35. The molecule has 2 aromatic carbocycles. The molecule has 0 saturated carbocycles. The minimum absolute atomic E-state index is 0.132. The third-order valence-electron chi connectivity index (χ3n) is 3.72. The van der Waals surface area contributed by atoms with Gasteiger partial charge in [-0.05, 0) is 31.2 Å². The summed E-state index contributed by atoms with van der Waals surface area (Å²) in [6.07, 6.45) is 0. The molecular weight excluding hydrogens is 336 g/mol. The van der Waals surface area contributed by atoms with Crippen LogP contribution >= 0.6 is 11.8 Å². The normalized spacial score (nSPS) is 11.7. The third-order valence-corrected chi connectivity index (χ3v) is 4.75. The van der Waals surface area contributed by atoms with Crippen LogP contribution in [0.1, 0.15) is 12.5 Å². The maximum absolute atomic E-state index is 12.0. The Labute approximate surface area is 149 Å². The fourth-order valence-corrected chi connectivity index (χ4v) is 3.18. The number of nitrogens with zero attached hydrogens (tertiary/aromatic N) is 3. The van der Waals surface area contributed by atoms with E-state index in [1.807, 2.05) is 35.9 Å². The van der Waals surface area contributed by atoms with Crippen LogP contribution in [-0.2, 0) is 11.8 Å². The minimum Gasteiger partial charge on any atom is -0.507 e. The number of nitrogens with one attached hydrogen (secondary N) is 1. The van der Waals surface area contributed by atoms with E-state index in [1.165, 1.54) is 11.8 Å². The zero-order valence-electron chi connectivity index (χ0n) is 13.9. The number of aryl methyl sites for hydroxylation is 1. The van der Waals surface area contributed by atoms with E-state index in [0.29, 0.717) is 11.3 Å². The van der Waals surface area contributed by atoms with Gasteiger partial charge in [0.2, 0.25) is 0 Å². The number of carbonyl (C=O) groups is 1. The summed E-state index contributed by atoms with van der Waals surface area (Å²) in [5, 5.41) is 14.6. The summed E-state index contributed by atoms with van der Waals surface area (Å²) in [7, 11) is 1.93. The van der Waals surface area contributed by atoms with E-state index < -0.39 is 0 Å². The zero-order valence-corrected chi connectivity index (χ0v) is 14.7. The van der Waals surface area contributed by atoms with Crippen molar-refractivity contribution in [1.29, 1.82) is 0 Å². The highest BCUT2D eigenvalue weighted by Crippen LogP contribution is 2.22. The van der Waals surface area contributed by atoms with E-state index in [-0.39, 0.29) is 17.4 Å². The van der Waals surface area contributed by atoms with Gasteiger partial charge in [0.25, 0.3) is 5.91 Å². The molecule has 7 heteroatoms. The van der Waals surface area contributed by atoms with Crippen molar-refractivity contribution in [3.8, 4) is 5.75 Å². The van der Waals surface area contributed by atoms with E-state index in [1.54, 1.807) is 31.2 Å². The summed E-state index contributed by atoms with van der Waals surface area (Å²) in [5.74, 6) is 0.105. The predicted octanol–water partition coefficient (Wildman–Crippen LogP) is 2.91. The molecule has 1 aromatic heterocycles. The van der Waals surface area contributed by atoms with Crippen LogP contribution in [0.4, 0.5) is 0 Å². The van der Waals surface area contributed by atoms with Crippen LogP contribution < -0.4 is 5.43 Å². The highest BCUT2D eigenvalue weighted by molar-refractivity contribution is 7.99. The van der Waals surface area contributed by atoms with Gasteiger partial charge in [-0.25, -0.2) is 10.4 Å². The molecule has 0 fully saturated rings. The van der Waals surface area contributed by atoms with Crippen molar-refractivity contribution in [1.82, 2.24) is 15.0 Å². The van der Waals surface area contributed by atoms with Crippen LogP contribution in [0.25, 0.3) is 11.0 Å². The number of thioether (sulfide) groups is 1. The summed E-state index contributed by atoms with van der Waals surface area (Å²) in [5.41, 5.74) is 5.57. The third kappa shape index (κ3) is 3.83. The van der Waals surface area contributed by atoms with Crippen LogP contribution in [0.5, 0.6) is 5.75 Å². The molecule has 25 heavy (non-hydrogen) atoms. The van der Waals surface area contributed by atoms with Crippen molar-refractivity contribution < 1.29 is 9.90 Å².